The minimum absolute atomic E-state index is 0.855. The molecule has 0 unspecified atom stereocenters. The van der Waals surface area contributed by atoms with Gasteiger partial charge in [-0.15, -0.1) is 0 Å². The molecule has 15 heavy (non-hydrogen) atoms. The van der Waals surface area contributed by atoms with E-state index in [1.54, 1.807) is 5.73 Å². The summed E-state index contributed by atoms with van der Waals surface area (Å²) in [7, 11) is 0. The molecular weight excluding hydrogens is 206 g/mol. The number of carbonyl (C=O) groups is 2. The summed E-state index contributed by atoms with van der Waals surface area (Å²) >= 11 is 0. The Morgan fingerprint density at radius 2 is 1.87 bits per heavy atom. The number of carbonyl (C=O) groups excluding carboxylic acids is 2. The van der Waals surface area contributed by atoms with Crippen LogP contribution in [0, 0.1) is 0 Å². The second-order valence-electron chi connectivity index (χ2n) is 3.14. The van der Waals surface area contributed by atoms with Crippen molar-refractivity contribution in [2.24, 2.45) is 5.73 Å². The molecule has 0 spiro atoms. The largest absolute Gasteiger partial charge is 0.394 e. The molecule has 0 aliphatic rings. The molecular formula is C8H15NO6. The van der Waals surface area contributed by atoms with Gasteiger partial charge < -0.3 is 26.2 Å². The molecule has 0 aliphatic heterocycles. The first kappa shape index (κ1) is 12.2. The van der Waals surface area contributed by atoms with Crippen molar-refractivity contribution in [1.82, 2.24) is 0 Å². The van der Waals surface area contributed by atoms with E-state index in [9.17, 15) is 14.7 Å². The highest BCUT2D eigenvalue weighted by molar-refractivity contribution is 6.40. The van der Waals surface area contributed by atoms with Crippen LogP contribution in [0.25, 0.3) is 0 Å². The van der Waals surface area contributed by atoms with Crippen LogP contribution in [0.4, 0.5) is 0 Å². The van der Waals surface area contributed by atoms with Gasteiger partial charge in [-0.05, 0) is 6.92 Å². The normalized spacial score (nSPS) is 19.9. The van der Waals surface area contributed by atoms with Crippen LogP contribution in [-0.2, 0) is 9.59 Å². The summed E-state index contributed by atoms with van der Waals surface area (Å²) in [4.78, 5) is 22.4. The highest BCUT2D eigenvalue weighted by Crippen LogP contribution is 2.02. The number of aliphatic hydroxyl groups is 4. The number of hydrogen-bond acceptors (Lipinski definition) is 7. The van der Waals surface area contributed by atoms with Crippen molar-refractivity contribution in [2.45, 2.75) is 31.3 Å². The van der Waals surface area contributed by atoms with Gasteiger partial charge in [0, 0.05) is 0 Å². The van der Waals surface area contributed by atoms with E-state index < -0.39 is 42.5 Å². The van der Waals surface area contributed by atoms with Gasteiger partial charge in [0.1, 0.15) is 19.7 Å². The summed E-state index contributed by atoms with van der Waals surface area (Å²) in [5.41, 5.74) is 1.76. The number of nitrogens with two attached hydrogens (primary N) is 1. The van der Waals surface area contributed by atoms with Gasteiger partial charge in [0.2, 0.25) is 11.6 Å². The van der Waals surface area contributed by atoms with E-state index in [-0.39, 0.29) is 0 Å². The van der Waals surface area contributed by atoms with Crippen LogP contribution in [0.3, 0.4) is 0 Å². The van der Waals surface area contributed by atoms with E-state index in [1.807, 2.05) is 0 Å². The topological polar surface area (TPSA) is 141 Å². The highest BCUT2D eigenvalue weighted by atomic mass is 16.4. The predicted molar refractivity (Wildman–Crippen MR) is 48.8 cm³/mol. The molecule has 7 nitrogen and oxygen atoms in total. The molecule has 0 aromatic carbocycles. The zero-order valence-electron chi connectivity index (χ0n) is 9.12. The van der Waals surface area contributed by atoms with E-state index >= 15 is 0 Å². The lowest BCUT2D eigenvalue weighted by Gasteiger charge is -2.20. The lowest BCUT2D eigenvalue weighted by molar-refractivity contribution is -0.150. The third-order valence-corrected chi connectivity index (χ3v) is 1.81. The first-order chi connectivity index (χ1) is 7.36. The van der Waals surface area contributed by atoms with Crippen LogP contribution in [-0.4, -0.2) is 63.0 Å². The third-order valence-electron chi connectivity index (χ3n) is 1.81. The highest BCUT2D eigenvalue weighted by Gasteiger charge is 2.34. The lowest BCUT2D eigenvalue weighted by atomic mass is 9.99. The second-order valence-corrected chi connectivity index (χ2v) is 3.14. The summed E-state index contributed by atoms with van der Waals surface area (Å²) < 4.78 is 6.64. The molecule has 0 fully saturated rings. The van der Waals surface area contributed by atoms with E-state index in [0.29, 0.717) is 0 Å². The van der Waals surface area contributed by atoms with Crippen molar-refractivity contribution in [3.63, 3.8) is 0 Å². The second kappa shape index (κ2) is 5.89. The monoisotopic (exact) mass is 222 g/mol. The zero-order valence-corrected chi connectivity index (χ0v) is 8.12. The number of rotatable bonds is 7. The number of ketones is 2. The van der Waals surface area contributed by atoms with Crippen LogP contribution >= 0.6 is 0 Å². The minimum atomic E-state index is -2.12. The van der Waals surface area contributed by atoms with Gasteiger partial charge >= 0.3 is 0 Å². The van der Waals surface area contributed by atoms with Crippen LogP contribution < -0.4 is 5.73 Å². The Kier molecular flexibility index (Phi) is 4.79. The smallest absolute Gasteiger partial charge is 0.231 e. The molecule has 0 saturated heterocycles. The van der Waals surface area contributed by atoms with Crippen molar-refractivity contribution in [2.75, 3.05) is 6.61 Å². The first-order valence-corrected chi connectivity index (χ1v) is 4.27. The Labute approximate surface area is 87.6 Å². The molecule has 0 rings (SSSR count). The first-order valence-electron chi connectivity index (χ1n) is 4.77. The molecule has 0 bridgehead atoms. The molecule has 4 atom stereocenters. The fraction of sp³-hybridized carbons (Fsp3) is 0.750. The van der Waals surface area contributed by atoms with Gasteiger partial charge in [-0.25, -0.2) is 0 Å². The summed E-state index contributed by atoms with van der Waals surface area (Å²) in [6, 6.07) is -1.12. The maximum absolute atomic E-state index is 11.2. The van der Waals surface area contributed by atoms with Crippen LogP contribution in [0.1, 0.15) is 6.92 Å². The fourth-order valence-electron chi connectivity index (χ4n) is 0.833. The van der Waals surface area contributed by atoms with Gasteiger partial charge in [0.05, 0.1) is 12.6 Å². The summed E-state index contributed by atoms with van der Waals surface area (Å²) in [6.07, 6.45) is -5.78. The van der Waals surface area contributed by atoms with Gasteiger partial charge in [-0.2, -0.15) is 0 Å². The van der Waals surface area contributed by atoms with Crippen molar-refractivity contribution in [1.29, 1.82) is 0 Å². The molecule has 0 aromatic heterocycles. The quantitative estimate of drug-likeness (QED) is 0.282. The van der Waals surface area contributed by atoms with E-state index in [2.05, 4.69) is 0 Å². The number of aliphatic hydroxyl groups excluding tert-OH is 4. The zero-order chi connectivity index (χ0) is 12.9. The summed E-state index contributed by atoms with van der Waals surface area (Å²) in [5.74, 6) is -2.42. The van der Waals surface area contributed by atoms with Gasteiger partial charge in [-0.1, -0.05) is 0 Å². The van der Waals surface area contributed by atoms with Crippen molar-refractivity contribution < 1.29 is 31.4 Å². The summed E-state index contributed by atoms with van der Waals surface area (Å²) in [5, 5.41) is 35.8. The average Bonchev–Trinajstić information content (AvgIpc) is 2.32. The van der Waals surface area contributed by atoms with Crippen molar-refractivity contribution >= 4 is 11.6 Å². The summed E-state index contributed by atoms with van der Waals surface area (Å²) in [6.45, 7) is 0.376. The van der Waals surface area contributed by atoms with Gasteiger partial charge in [0.15, 0.2) is 0 Å². The molecule has 0 amide bonds. The van der Waals surface area contributed by atoms with E-state index in [0.717, 1.165) is 0 Å². The standard InChI is InChI=1S/C8H15NO6/c1-3(9)5(12)7(14)8(15)6(13)4(11)2-10/h3-4,6,8,10-11,13,15H,2,9H2,1H3/t3-,4+,6+,8-/m0/s1/i/hD. The van der Waals surface area contributed by atoms with E-state index in [1.165, 1.54) is 6.92 Å². The van der Waals surface area contributed by atoms with Crippen LogP contribution in [0.5, 0.6) is 0 Å². The van der Waals surface area contributed by atoms with Crippen molar-refractivity contribution in [3.05, 3.63) is 0 Å². The Balaban J connectivity index is 4.55. The molecule has 0 aliphatic carbocycles. The Hall–Kier alpha value is -0.860. The van der Waals surface area contributed by atoms with E-state index in [4.69, 9.17) is 16.7 Å². The maximum Gasteiger partial charge on any atom is 0.231 e. The third kappa shape index (κ3) is 3.65. The Morgan fingerprint density at radius 3 is 2.27 bits per heavy atom. The Bertz CT molecular complexity index is 261. The molecule has 0 saturated carbocycles. The number of hydrogen-bond donors (Lipinski definition) is 5. The minimum Gasteiger partial charge on any atom is -0.394 e. The maximum atomic E-state index is 11.2. The lowest BCUT2D eigenvalue weighted by Crippen LogP contribution is -2.49. The van der Waals surface area contributed by atoms with Crippen LogP contribution in [0.15, 0.2) is 0 Å². The SMILES string of the molecule is [2H]N[C@@H](C)C(=O)C(=O)[C@@H](O)[C@H](O)[C@H](O)CO. The predicted octanol–water partition coefficient (Wildman–Crippen LogP) is -3.45. The number of Topliss-reactive ketones (excluding diaryl/α,β-unsaturated/α-hetero) is 2. The van der Waals surface area contributed by atoms with Gasteiger partial charge in [0.25, 0.3) is 0 Å². The van der Waals surface area contributed by atoms with Crippen molar-refractivity contribution in [3.8, 4) is 0 Å². The molecule has 6 N–H and O–H groups in total. The molecule has 88 valence electrons. The fourth-order valence-corrected chi connectivity index (χ4v) is 0.833. The molecule has 7 heteroatoms. The Morgan fingerprint density at radius 1 is 1.33 bits per heavy atom. The molecule has 0 radical (unpaired) electrons. The average molecular weight is 222 g/mol. The molecule has 0 heterocycles. The van der Waals surface area contributed by atoms with Crippen LogP contribution in [0.2, 0.25) is 1.41 Å². The van der Waals surface area contributed by atoms with Gasteiger partial charge in [-0.3, -0.25) is 9.59 Å². The molecule has 0 aromatic rings.